The highest BCUT2D eigenvalue weighted by Crippen LogP contribution is 2.48. The van der Waals surface area contributed by atoms with E-state index < -0.39 is 6.09 Å². The molecule has 0 heterocycles. The molecule has 0 saturated carbocycles. The fraction of sp³-hybridized carbons (Fsp3) is 0.350. The maximum Gasteiger partial charge on any atom is 0.405 e. The molecular formula is C20H23NO2. The number of carbonyl (C=O) groups excluding carboxylic acids is 1. The van der Waals surface area contributed by atoms with E-state index in [1.807, 2.05) is 0 Å². The van der Waals surface area contributed by atoms with Gasteiger partial charge in [0.15, 0.2) is 0 Å². The Morgan fingerprint density at radius 3 is 2.65 bits per heavy atom. The zero-order valence-corrected chi connectivity index (χ0v) is 13.9. The molecule has 3 nitrogen and oxygen atoms in total. The van der Waals surface area contributed by atoms with Gasteiger partial charge in [0, 0.05) is 5.41 Å². The summed E-state index contributed by atoms with van der Waals surface area (Å²) in [6, 6.07) is 15.0. The van der Waals surface area contributed by atoms with Crippen LogP contribution in [0.25, 0.3) is 11.1 Å². The van der Waals surface area contributed by atoms with Gasteiger partial charge in [0.2, 0.25) is 0 Å². The average Bonchev–Trinajstić information content (AvgIpc) is 2.76. The van der Waals surface area contributed by atoms with E-state index >= 15 is 0 Å². The Morgan fingerprint density at radius 1 is 1.22 bits per heavy atom. The second-order valence-electron chi connectivity index (χ2n) is 6.95. The van der Waals surface area contributed by atoms with Gasteiger partial charge in [-0.1, -0.05) is 63.2 Å². The second kappa shape index (κ2) is 5.73. The van der Waals surface area contributed by atoms with Crippen molar-refractivity contribution in [3.63, 3.8) is 0 Å². The molecule has 120 valence electrons. The Balaban J connectivity index is 1.99. The summed E-state index contributed by atoms with van der Waals surface area (Å²) in [4.78, 5) is 11.2. The zero-order valence-electron chi connectivity index (χ0n) is 13.9. The van der Waals surface area contributed by atoms with Gasteiger partial charge in [0.25, 0.3) is 0 Å². The van der Waals surface area contributed by atoms with Crippen LogP contribution in [-0.2, 0) is 17.6 Å². The maximum atomic E-state index is 11.2. The lowest BCUT2D eigenvalue weighted by Crippen LogP contribution is -2.25. The van der Waals surface area contributed by atoms with Crippen molar-refractivity contribution in [3.8, 4) is 11.1 Å². The molecule has 1 aliphatic rings. The fourth-order valence-electron chi connectivity index (χ4n) is 3.51. The molecule has 2 aromatic rings. The lowest BCUT2D eigenvalue weighted by molar-refractivity contribution is 0.0392. The van der Waals surface area contributed by atoms with Crippen LogP contribution in [-0.4, -0.2) is 6.09 Å². The van der Waals surface area contributed by atoms with Gasteiger partial charge in [-0.3, -0.25) is 0 Å². The molecule has 1 atom stereocenters. The van der Waals surface area contributed by atoms with Crippen molar-refractivity contribution < 1.29 is 9.53 Å². The molecular weight excluding hydrogens is 286 g/mol. The van der Waals surface area contributed by atoms with Crippen molar-refractivity contribution in [2.24, 2.45) is 11.1 Å². The van der Waals surface area contributed by atoms with Crippen LogP contribution in [0.1, 0.15) is 43.6 Å². The molecule has 0 saturated heterocycles. The molecule has 23 heavy (non-hydrogen) atoms. The van der Waals surface area contributed by atoms with Crippen molar-refractivity contribution in [1.82, 2.24) is 0 Å². The zero-order chi connectivity index (χ0) is 16.6. The summed E-state index contributed by atoms with van der Waals surface area (Å²) in [5.41, 5.74) is 11.2. The molecule has 1 aliphatic carbocycles. The number of ether oxygens (including phenoxy) is 1. The van der Waals surface area contributed by atoms with E-state index in [1.54, 1.807) is 0 Å². The molecule has 1 unspecified atom stereocenters. The molecule has 3 heteroatoms. The number of carbonyl (C=O) groups is 1. The lowest BCUT2D eigenvalue weighted by Gasteiger charge is -2.26. The highest BCUT2D eigenvalue weighted by molar-refractivity contribution is 5.68. The van der Waals surface area contributed by atoms with Gasteiger partial charge in [0.05, 0.1) is 0 Å². The quantitative estimate of drug-likeness (QED) is 0.898. The first-order chi connectivity index (χ1) is 10.9. The Morgan fingerprint density at radius 2 is 1.96 bits per heavy atom. The molecule has 1 amide bonds. The molecule has 0 aromatic heterocycles. The number of hydrogen-bond acceptors (Lipinski definition) is 2. The van der Waals surface area contributed by atoms with Crippen LogP contribution >= 0.6 is 0 Å². The van der Waals surface area contributed by atoms with Crippen LogP contribution in [0.5, 0.6) is 0 Å². The van der Waals surface area contributed by atoms with Crippen LogP contribution in [0.15, 0.2) is 42.5 Å². The van der Waals surface area contributed by atoms with E-state index in [2.05, 4.69) is 63.2 Å². The predicted molar refractivity (Wildman–Crippen MR) is 92.2 cm³/mol. The lowest BCUT2D eigenvalue weighted by atomic mass is 9.87. The largest absolute Gasteiger partial charge is 0.441 e. The van der Waals surface area contributed by atoms with Gasteiger partial charge >= 0.3 is 6.09 Å². The maximum absolute atomic E-state index is 11.2. The molecule has 0 radical (unpaired) electrons. The summed E-state index contributed by atoms with van der Waals surface area (Å²) in [6.45, 7) is 6.38. The number of fused-ring (bicyclic) bond motifs is 1. The number of primary amides is 1. The number of rotatable bonds is 3. The molecule has 0 aliphatic heterocycles. The molecule has 0 spiro atoms. The summed E-state index contributed by atoms with van der Waals surface area (Å²) in [5.74, 6) is 0. The van der Waals surface area contributed by atoms with Gasteiger partial charge in [0.1, 0.15) is 6.10 Å². The number of aryl methyl sites for hydroxylation is 1. The third-order valence-corrected chi connectivity index (χ3v) is 4.68. The Hall–Kier alpha value is -2.29. The minimum absolute atomic E-state index is 0.138. The van der Waals surface area contributed by atoms with Crippen molar-refractivity contribution in [3.05, 3.63) is 59.2 Å². The first-order valence-corrected chi connectivity index (χ1v) is 8.09. The Bertz CT molecular complexity index is 749. The van der Waals surface area contributed by atoms with Crippen LogP contribution in [0.2, 0.25) is 0 Å². The number of hydrogen-bond donors (Lipinski definition) is 1. The minimum atomic E-state index is -0.712. The van der Waals surface area contributed by atoms with Crippen LogP contribution in [0.4, 0.5) is 4.79 Å². The Kier molecular flexibility index (Phi) is 3.88. The number of nitrogens with two attached hydrogens (primary N) is 1. The normalized spacial score (nSPS) is 18.5. The third-order valence-electron chi connectivity index (χ3n) is 4.68. The van der Waals surface area contributed by atoms with Gasteiger partial charge < -0.3 is 10.5 Å². The first-order valence-electron chi connectivity index (χ1n) is 8.09. The molecule has 2 N–H and O–H groups in total. The van der Waals surface area contributed by atoms with Gasteiger partial charge in [-0.2, -0.15) is 0 Å². The summed E-state index contributed by atoms with van der Waals surface area (Å²) in [7, 11) is 0. The van der Waals surface area contributed by atoms with Crippen LogP contribution in [0.3, 0.4) is 0 Å². The summed E-state index contributed by atoms with van der Waals surface area (Å²) < 4.78 is 5.37. The van der Waals surface area contributed by atoms with E-state index in [0.29, 0.717) is 0 Å². The third kappa shape index (κ3) is 2.96. The second-order valence-corrected chi connectivity index (χ2v) is 6.95. The fourth-order valence-corrected chi connectivity index (χ4v) is 3.51. The summed E-state index contributed by atoms with van der Waals surface area (Å²) in [6.07, 6.45) is 0.920. The summed E-state index contributed by atoms with van der Waals surface area (Å²) >= 11 is 0. The van der Waals surface area contributed by atoms with Crippen molar-refractivity contribution in [2.45, 2.75) is 39.7 Å². The monoisotopic (exact) mass is 309 g/mol. The Labute approximate surface area is 137 Å². The van der Waals surface area contributed by atoms with Gasteiger partial charge in [-0.25, -0.2) is 4.79 Å². The number of amides is 1. The van der Waals surface area contributed by atoms with Crippen LogP contribution in [0, 0.1) is 5.41 Å². The smallest absolute Gasteiger partial charge is 0.405 e. The van der Waals surface area contributed by atoms with E-state index in [4.69, 9.17) is 10.5 Å². The number of benzene rings is 2. The van der Waals surface area contributed by atoms with Crippen molar-refractivity contribution in [1.29, 1.82) is 0 Å². The van der Waals surface area contributed by atoms with E-state index in [1.165, 1.54) is 22.3 Å². The first kappa shape index (κ1) is 15.6. The van der Waals surface area contributed by atoms with E-state index in [9.17, 15) is 4.79 Å². The molecule has 3 rings (SSSR count). The SMILES string of the molecule is CCc1cccc(-c2ccc3c(c2)CC(C)(C)C3OC(N)=O)c1. The average molecular weight is 309 g/mol. The topological polar surface area (TPSA) is 52.3 Å². The van der Waals surface area contributed by atoms with Gasteiger partial charge in [-0.15, -0.1) is 0 Å². The molecule has 0 bridgehead atoms. The standard InChI is InChI=1S/C20H23NO2/c1-4-13-6-5-7-14(10-13)15-8-9-17-16(11-15)12-20(2,3)18(17)23-19(21)22/h5-11,18H,4,12H2,1-3H3,(H2,21,22). The van der Waals surface area contributed by atoms with Crippen molar-refractivity contribution >= 4 is 6.09 Å². The molecule has 2 aromatic carbocycles. The highest BCUT2D eigenvalue weighted by Gasteiger charge is 2.41. The van der Waals surface area contributed by atoms with Crippen molar-refractivity contribution in [2.75, 3.05) is 0 Å². The van der Waals surface area contributed by atoms with Crippen LogP contribution < -0.4 is 5.73 Å². The summed E-state index contributed by atoms with van der Waals surface area (Å²) in [5, 5.41) is 0. The van der Waals surface area contributed by atoms with E-state index in [0.717, 1.165) is 18.4 Å². The highest BCUT2D eigenvalue weighted by atomic mass is 16.6. The molecule has 0 fully saturated rings. The minimum Gasteiger partial charge on any atom is -0.441 e. The van der Waals surface area contributed by atoms with E-state index in [-0.39, 0.29) is 11.5 Å². The van der Waals surface area contributed by atoms with Gasteiger partial charge in [-0.05, 0) is 40.7 Å². The predicted octanol–water partition coefficient (Wildman–Crippen LogP) is 4.63.